The molecule has 0 radical (unpaired) electrons. The SMILES string of the molecule is Cc1cc(C)c2c(C)cc3c4c2c1C1C(=Nc2ccccc21)C4C1=C(C=CC1)C3. The van der Waals surface area contributed by atoms with Gasteiger partial charge in [0.2, 0.25) is 0 Å². The van der Waals surface area contributed by atoms with Crippen LogP contribution in [0, 0.1) is 20.8 Å². The van der Waals surface area contributed by atoms with Gasteiger partial charge in [-0.2, -0.15) is 0 Å². The van der Waals surface area contributed by atoms with Crippen LogP contribution in [0.2, 0.25) is 0 Å². The second kappa shape index (κ2) is 5.16. The Bertz CT molecular complexity index is 1380. The van der Waals surface area contributed by atoms with Crippen molar-refractivity contribution in [2.75, 3.05) is 0 Å². The summed E-state index contributed by atoms with van der Waals surface area (Å²) in [4.78, 5) is 5.29. The molecule has 0 bridgehead atoms. The number of hydrogen-bond acceptors (Lipinski definition) is 1. The van der Waals surface area contributed by atoms with Gasteiger partial charge in [-0.15, -0.1) is 0 Å². The maximum atomic E-state index is 5.29. The molecule has 2 atom stereocenters. The molecule has 29 heavy (non-hydrogen) atoms. The highest BCUT2D eigenvalue weighted by molar-refractivity contribution is 6.16. The van der Waals surface area contributed by atoms with Gasteiger partial charge in [0.05, 0.1) is 11.6 Å². The molecule has 3 aromatic carbocycles. The Morgan fingerprint density at radius 1 is 0.862 bits per heavy atom. The molecule has 0 spiro atoms. The van der Waals surface area contributed by atoms with Crippen LogP contribution in [-0.2, 0) is 6.42 Å². The zero-order valence-electron chi connectivity index (χ0n) is 17.1. The molecule has 0 N–H and O–H groups in total. The van der Waals surface area contributed by atoms with Gasteiger partial charge in [0, 0.05) is 11.6 Å². The summed E-state index contributed by atoms with van der Waals surface area (Å²) in [5.41, 5.74) is 15.9. The summed E-state index contributed by atoms with van der Waals surface area (Å²) >= 11 is 0. The molecule has 4 aliphatic rings. The van der Waals surface area contributed by atoms with E-state index in [1.165, 1.54) is 55.7 Å². The van der Waals surface area contributed by atoms with E-state index in [0.717, 1.165) is 12.8 Å². The third-order valence-electron chi connectivity index (χ3n) is 7.64. The Labute approximate surface area is 171 Å². The monoisotopic (exact) mass is 373 g/mol. The van der Waals surface area contributed by atoms with E-state index in [0.29, 0.717) is 11.8 Å². The summed E-state index contributed by atoms with van der Waals surface area (Å²) in [7, 11) is 0. The molecular weight excluding hydrogens is 350 g/mol. The van der Waals surface area contributed by atoms with E-state index in [1.807, 2.05) is 0 Å². The number of allylic oxidation sites excluding steroid dienone is 4. The summed E-state index contributed by atoms with van der Waals surface area (Å²) in [6, 6.07) is 13.7. The molecule has 140 valence electrons. The lowest BCUT2D eigenvalue weighted by Gasteiger charge is -2.39. The highest BCUT2D eigenvalue weighted by atomic mass is 14.8. The van der Waals surface area contributed by atoms with Gasteiger partial charge in [-0.1, -0.05) is 42.5 Å². The number of hydrogen-bond donors (Lipinski definition) is 0. The van der Waals surface area contributed by atoms with Gasteiger partial charge in [0.1, 0.15) is 0 Å². The van der Waals surface area contributed by atoms with Gasteiger partial charge in [0.15, 0.2) is 0 Å². The Morgan fingerprint density at radius 3 is 2.59 bits per heavy atom. The predicted molar refractivity (Wildman–Crippen MR) is 121 cm³/mol. The molecule has 1 nitrogen and oxygen atoms in total. The molecule has 3 aromatic rings. The van der Waals surface area contributed by atoms with E-state index in [2.05, 4.69) is 69.3 Å². The van der Waals surface area contributed by atoms with Gasteiger partial charge in [0.25, 0.3) is 0 Å². The van der Waals surface area contributed by atoms with E-state index in [1.54, 1.807) is 16.5 Å². The largest absolute Gasteiger partial charge is 0.256 e. The molecule has 3 aliphatic carbocycles. The first kappa shape index (κ1) is 15.9. The number of benzene rings is 3. The third kappa shape index (κ3) is 1.80. The Kier molecular flexibility index (Phi) is 2.83. The van der Waals surface area contributed by atoms with Crippen LogP contribution in [0.4, 0.5) is 5.69 Å². The van der Waals surface area contributed by atoms with E-state index >= 15 is 0 Å². The second-order valence-electron chi connectivity index (χ2n) is 9.24. The number of aryl methyl sites for hydroxylation is 3. The highest BCUT2D eigenvalue weighted by Gasteiger charge is 2.45. The van der Waals surface area contributed by atoms with Crippen LogP contribution < -0.4 is 0 Å². The van der Waals surface area contributed by atoms with Crippen LogP contribution in [0.1, 0.15) is 57.2 Å². The summed E-state index contributed by atoms with van der Waals surface area (Å²) in [5, 5.41) is 3.02. The average molecular weight is 373 g/mol. The maximum Gasteiger partial charge on any atom is 0.0671 e. The third-order valence-corrected chi connectivity index (χ3v) is 7.64. The van der Waals surface area contributed by atoms with Crippen LogP contribution in [0.15, 0.2) is 64.7 Å². The van der Waals surface area contributed by atoms with Crippen molar-refractivity contribution < 1.29 is 0 Å². The summed E-state index contributed by atoms with van der Waals surface area (Å²) in [6.07, 6.45) is 6.88. The standard InChI is InChI=1S/C28H23N/c1-14-11-15(2)23-26-20-8-4-5-10-21(20)29-28(26)25-19-9-6-7-17(19)13-18-12-16(3)22(14)27(23)24(18)25/h4-8,10-12,25-26H,9,13H2,1-3H3. The molecular formula is C28H23N. The van der Waals surface area contributed by atoms with Gasteiger partial charge in [-0.25, -0.2) is 0 Å². The highest BCUT2D eigenvalue weighted by Crippen LogP contribution is 2.57. The lowest BCUT2D eigenvalue weighted by Crippen LogP contribution is -2.30. The first-order chi connectivity index (χ1) is 14.1. The molecule has 0 amide bonds. The van der Waals surface area contributed by atoms with Crippen LogP contribution in [0.25, 0.3) is 10.8 Å². The molecule has 1 heterocycles. The quantitative estimate of drug-likeness (QED) is 0.407. The van der Waals surface area contributed by atoms with Crippen LogP contribution in [0.5, 0.6) is 0 Å². The minimum absolute atomic E-state index is 0.300. The van der Waals surface area contributed by atoms with Gasteiger partial charge in [-0.3, -0.25) is 4.99 Å². The van der Waals surface area contributed by atoms with Crippen molar-refractivity contribution in [1.29, 1.82) is 0 Å². The average Bonchev–Trinajstić information content (AvgIpc) is 3.31. The van der Waals surface area contributed by atoms with Gasteiger partial charge < -0.3 is 0 Å². The second-order valence-corrected chi connectivity index (χ2v) is 9.24. The number of para-hydroxylation sites is 1. The zero-order valence-corrected chi connectivity index (χ0v) is 17.1. The first-order valence-electron chi connectivity index (χ1n) is 10.8. The van der Waals surface area contributed by atoms with Crippen molar-refractivity contribution in [2.24, 2.45) is 4.99 Å². The fourth-order valence-electron chi connectivity index (χ4n) is 6.69. The van der Waals surface area contributed by atoms with Crippen molar-refractivity contribution in [2.45, 2.75) is 45.4 Å². The molecule has 0 aromatic heterocycles. The Morgan fingerprint density at radius 2 is 1.69 bits per heavy atom. The van der Waals surface area contributed by atoms with Crippen molar-refractivity contribution in [1.82, 2.24) is 0 Å². The van der Waals surface area contributed by atoms with Crippen molar-refractivity contribution in [3.05, 3.63) is 98.6 Å². The molecule has 2 unspecified atom stereocenters. The minimum atomic E-state index is 0.300. The molecule has 0 saturated carbocycles. The molecule has 0 fully saturated rings. The molecule has 1 aliphatic heterocycles. The predicted octanol–water partition coefficient (Wildman–Crippen LogP) is 6.89. The summed E-state index contributed by atoms with van der Waals surface area (Å²) in [5.74, 6) is 0.645. The van der Waals surface area contributed by atoms with Crippen LogP contribution in [-0.4, -0.2) is 5.71 Å². The number of aliphatic imine (C=N–C) groups is 1. The zero-order chi connectivity index (χ0) is 19.4. The number of rotatable bonds is 0. The molecule has 1 heteroatoms. The van der Waals surface area contributed by atoms with Gasteiger partial charge in [-0.05, 0) is 101 Å². The van der Waals surface area contributed by atoms with E-state index < -0.39 is 0 Å². The van der Waals surface area contributed by atoms with E-state index in [-0.39, 0.29) is 0 Å². The van der Waals surface area contributed by atoms with Crippen molar-refractivity contribution in [3.8, 4) is 0 Å². The number of fused-ring (bicyclic) bond motifs is 6. The van der Waals surface area contributed by atoms with Crippen molar-refractivity contribution in [3.63, 3.8) is 0 Å². The minimum Gasteiger partial charge on any atom is -0.256 e. The van der Waals surface area contributed by atoms with Crippen LogP contribution in [0.3, 0.4) is 0 Å². The fraction of sp³-hybridized carbons (Fsp3) is 0.250. The first-order valence-corrected chi connectivity index (χ1v) is 10.8. The summed E-state index contributed by atoms with van der Waals surface area (Å²) in [6.45, 7) is 6.90. The maximum absolute atomic E-state index is 5.29. The van der Waals surface area contributed by atoms with E-state index in [9.17, 15) is 0 Å². The Balaban J connectivity index is 1.70. The number of nitrogens with zero attached hydrogens (tertiary/aromatic N) is 1. The normalized spacial score (nSPS) is 22.7. The summed E-state index contributed by atoms with van der Waals surface area (Å²) < 4.78 is 0. The lowest BCUT2D eigenvalue weighted by molar-refractivity contribution is 0.870. The van der Waals surface area contributed by atoms with Gasteiger partial charge >= 0.3 is 0 Å². The Hall–Kier alpha value is -2.93. The van der Waals surface area contributed by atoms with Crippen molar-refractivity contribution >= 4 is 22.2 Å². The van der Waals surface area contributed by atoms with E-state index in [4.69, 9.17) is 4.99 Å². The lowest BCUT2D eigenvalue weighted by atomic mass is 9.64. The fourth-order valence-corrected chi connectivity index (χ4v) is 6.69. The topological polar surface area (TPSA) is 12.4 Å². The smallest absolute Gasteiger partial charge is 0.0671 e. The molecule has 7 rings (SSSR count). The molecule has 0 saturated heterocycles. The van der Waals surface area contributed by atoms with Crippen LogP contribution >= 0.6 is 0 Å².